The largest absolute Gasteiger partial charge is 0.522 e. The summed E-state index contributed by atoms with van der Waals surface area (Å²) < 4.78 is 68.3. The van der Waals surface area contributed by atoms with Crippen LogP contribution in [0.5, 0.6) is 0 Å². The summed E-state index contributed by atoms with van der Waals surface area (Å²) in [4.78, 5) is 6.68. The molecule has 1 saturated heterocycles. The van der Waals surface area contributed by atoms with Gasteiger partial charge in [-0.1, -0.05) is 20.8 Å². The van der Waals surface area contributed by atoms with Crippen LogP contribution in [-0.4, -0.2) is 61.2 Å². The Labute approximate surface area is 168 Å². The predicted molar refractivity (Wildman–Crippen MR) is 103 cm³/mol. The Kier molecular flexibility index (Phi) is 5.74. The number of rotatable bonds is 6. The number of aromatic nitrogens is 2. The zero-order chi connectivity index (χ0) is 21.6. The quantitative estimate of drug-likeness (QED) is 0.700. The van der Waals surface area contributed by atoms with Crippen molar-refractivity contribution in [2.45, 2.75) is 50.2 Å². The molecule has 3 rings (SSSR count). The summed E-state index contributed by atoms with van der Waals surface area (Å²) >= 11 is 0. The maximum Gasteiger partial charge on any atom is 0.522 e. The van der Waals surface area contributed by atoms with Crippen molar-refractivity contribution in [2.24, 2.45) is 5.41 Å². The van der Waals surface area contributed by atoms with Gasteiger partial charge in [0.15, 0.2) is 9.84 Å². The number of ether oxygens (including phenoxy) is 1. The van der Waals surface area contributed by atoms with Crippen molar-refractivity contribution >= 4 is 20.9 Å². The lowest BCUT2D eigenvalue weighted by atomic mass is 9.92. The van der Waals surface area contributed by atoms with Crippen LogP contribution < -0.4 is 0 Å². The topological polar surface area (TPSA) is 64.4 Å². The summed E-state index contributed by atoms with van der Waals surface area (Å²) in [6, 6.07) is 4.66. The van der Waals surface area contributed by atoms with E-state index in [2.05, 4.69) is 9.72 Å². The summed E-state index contributed by atoms with van der Waals surface area (Å²) in [6.07, 6.45) is -4.17. The number of hydrogen-bond donors (Lipinski definition) is 0. The molecule has 1 aromatic heterocycles. The highest BCUT2D eigenvalue weighted by Gasteiger charge is 2.36. The minimum Gasteiger partial charge on any atom is -0.326 e. The predicted octanol–water partition coefficient (Wildman–Crippen LogP) is 3.25. The summed E-state index contributed by atoms with van der Waals surface area (Å²) in [7, 11) is -1.61. The monoisotopic (exact) mass is 433 g/mol. The van der Waals surface area contributed by atoms with Gasteiger partial charge in [-0.15, -0.1) is 13.2 Å². The fraction of sp³-hybridized carbons (Fsp3) is 0.632. The maximum atomic E-state index is 12.8. The van der Waals surface area contributed by atoms with Gasteiger partial charge in [0.1, 0.15) is 5.82 Å². The molecule has 1 aliphatic heterocycles. The third kappa shape index (κ3) is 5.10. The van der Waals surface area contributed by atoms with Crippen LogP contribution in [0.1, 0.15) is 26.6 Å². The Morgan fingerprint density at radius 1 is 1.21 bits per heavy atom. The lowest BCUT2D eigenvalue weighted by molar-refractivity contribution is -0.325. The van der Waals surface area contributed by atoms with Crippen molar-refractivity contribution < 1.29 is 26.3 Å². The molecule has 6 nitrogen and oxygen atoms in total. The highest BCUT2D eigenvalue weighted by atomic mass is 32.2. The van der Waals surface area contributed by atoms with Crippen LogP contribution in [0.25, 0.3) is 11.0 Å². The second kappa shape index (κ2) is 7.55. The Morgan fingerprint density at radius 2 is 1.86 bits per heavy atom. The van der Waals surface area contributed by atoms with Gasteiger partial charge < -0.3 is 9.47 Å². The van der Waals surface area contributed by atoms with Gasteiger partial charge in [0.2, 0.25) is 0 Å². The van der Waals surface area contributed by atoms with Gasteiger partial charge in [-0.25, -0.2) is 13.4 Å². The molecule has 0 saturated carbocycles. The fourth-order valence-electron chi connectivity index (χ4n) is 3.48. The molecule has 1 aliphatic rings. The van der Waals surface area contributed by atoms with Gasteiger partial charge in [-0.2, -0.15) is 0 Å². The van der Waals surface area contributed by atoms with Crippen molar-refractivity contribution in [3.8, 4) is 0 Å². The molecule has 2 heterocycles. The van der Waals surface area contributed by atoms with Crippen LogP contribution in [0.15, 0.2) is 23.1 Å². The second-order valence-corrected chi connectivity index (χ2v) is 11.0. The van der Waals surface area contributed by atoms with Crippen LogP contribution >= 0.6 is 0 Å². The Bertz CT molecular complexity index is 988. The molecule has 0 atom stereocenters. The lowest BCUT2D eigenvalue weighted by Gasteiger charge is -2.35. The van der Waals surface area contributed by atoms with Gasteiger partial charge in [-0.3, -0.25) is 4.74 Å². The van der Waals surface area contributed by atoms with E-state index in [0.717, 1.165) is 0 Å². The molecule has 0 aliphatic carbocycles. The van der Waals surface area contributed by atoms with Crippen LogP contribution in [0, 0.1) is 5.41 Å². The normalized spacial score (nSPS) is 17.1. The number of sulfone groups is 1. The fourth-order valence-corrected chi connectivity index (χ4v) is 5.30. The lowest BCUT2D eigenvalue weighted by Crippen LogP contribution is -2.52. The Morgan fingerprint density at radius 3 is 2.41 bits per heavy atom. The van der Waals surface area contributed by atoms with Crippen molar-refractivity contribution in [3.05, 3.63) is 24.0 Å². The average Bonchev–Trinajstić information content (AvgIpc) is 2.85. The van der Waals surface area contributed by atoms with Crippen molar-refractivity contribution in [1.29, 1.82) is 0 Å². The smallest absolute Gasteiger partial charge is 0.326 e. The molecule has 0 N–H and O–H groups in total. The molecular formula is C19H26F3N3O3S. The molecule has 0 spiro atoms. The zero-order valence-corrected chi connectivity index (χ0v) is 17.8. The van der Waals surface area contributed by atoms with E-state index in [1.807, 2.05) is 32.7 Å². The number of hydrogen-bond acceptors (Lipinski definition) is 5. The van der Waals surface area contributed by atoms with Crippen LogP contribution in [0.2, 0.25) is 0 Å². The first-order valence-corrected chi connectivity index (χ1v) is 10.9. The third-order valence-electron chi connectivity index (χ3n) is 4.87. The van der Waals surface area contributed by atoms with Gasteiger partial charge in [0.25, 0.3) is 0 Å². The number of nitrogens with zero attached hydrogens (tertiary/aromatic N) is 3. The van der Waals surface area contributed by atoms with E-state index < -0.39 is 28.1 Å². The molecule has 0 unspecified atom stereocenters. The number of likely N-dealkylation sites (tertiary alicyclic amines) is 1. The molecule has 0 bridgehead atoms. The van der Waals surface area contributed by atoms with E-state index >= 15 is 0 Å². The van der Waals surface area contributed by atoms with Crippen molar-refractivity contribution in [2.75, 3.05) is 26.7 Å². The number of halogens is 3. The van der Waals surface area contributed by atoms with Crippen LogP contribution in [-0.2, 0) is 27.5 Å². The highest BCUT2D eigenvalue weighted by molar-refractivity contribution is 7.92. The zero-order valence-electron chi connectivity index (χ0n) is 17.0. The number of benzene rings is 1. The van der Waals surface area contributed by atoms with E-state index in [9.17, 15) is 21.6 Å². The van der Waals surface area contributed by atoms with Gasteiger partial charge in [0.05, 0.1) is 27.8 Å². The van der Waals surface area contributed by atoms with Gasteiger partial charge in [0, 0.05) is 26.1 Å². The molecule has 2 aromatic rings. The second-order valence-electron chi connectivity index (χ2n) is 8.75. The third-order valence-corrected chi connectivity index (χ3v) is 6.95. The van der Waals surface area contributed by atoms with Gasteiger partial charge in [-0.05, 0) is 30.7 Å². The van der Waals surface area contributed by atoms with Crippen LogP contribution in [0.4, 0.5) is 13.2 Å². The van der Waals surface area contributed by atoms with Crippen molar-refractivity contribution in [1.82, 2.24) is 14.5 Å². The summed E-state index contributed by atoms with van der Waals surface area (Å²) in [6.45, 7) is 6.42. The minimum absolute atomic E-state index is 0.0268. The Balaban J connectivity index is 1.96. The molecule has 1 fully saturated rings. The highest BCUT2D eigenvalue weighted by Crippen LogP contribution is 2.29. The van der Waals surface area contributed by atoms with E-state index in [1.165, 1.54) is 12.1 Å². The SMILES string of the molecule is CN1CC(S(=O)(=O)c2ccc3c(c2)nc(CC(C)(C)C)n3CCOC(F)(F)F)C1. The molecular weight excluding hydrogens is 407 g/mol. The Hall–Kier alpha value is -1.65. The van der Waals surface area contributed by atoms with E-state index in [-0.39, 0.29) is 16.9 Å². The molecule has 1 aromatic carbocycles. The number of alkyl halides is 3. The van der Waals surface area contributed by atoms with Crippen molar-refractivity contribution in [3.63, 3.8) is 0 Å². The molecule has 10 heteroatoms. The number of fused-ring (bicyclic) bond motifs is 1. The molecule has 0 radical (unpaired) electrons. The first-order valence-electron chi connectivity index (χ1n) is 9.38. The molecule has 29 heavy (non-hydrogen) atoms. The van der Waals surface area contributed by atoms with E-state index in [1.54, 1.807) is 10.6 Å². The average molecular weight is 433 g/mol. The summed E-state index contributed by atoms with van der Waals surface area (Å²) in [5.74, 6) is 0.608. The molecule has 0 amide bonds. The standard InChI is InChI=1S/C19H26F3N3O3S/c1-18(2,3)10-17-23-15-9-13(29(26,27)14-11-24(4)12-14)5-6-16(15)25(17)7-8-28-19(20,21)22/h5-6,9,14H,7-8,10-12H2,1-4H3. The first kappa shape index (κ1) is 22.0. The van der Waals surface area contributed by atoms with Crippen LogP contribution in [0.3, 0.4) is 0 Å². The van der Waals surface area contributed by atoms with E-state index in [0.29, 0.717) is 36.4 Å². The molecule has 162 valence electrons. The number of imidazole rings is 1. The minimum atomic E-state index is -4.70. The summed E-state index contributed by atoms with van der Waals surface area (Å²) in [5.41, 5.74) is 0.916. The summed E-state index contributed by atoms with van der Waals surface area (Å²) in [5, 5.41) is -0.443. The maximum absolute atomic E-state index is 12.8. The van der Waals surface area contributed by atoms with E-state index in [4.69, 9.17) is 0 Å². The first-order chi connectivity index (χ1) is 13.3. The van der Waals surface area contributed by atoms with Gasteiger partial charge >= 0.3 is 6.36 Å².